The molecule has 0 heterocycles. The quantitative estimate of drug-likeness (QED) is 0.600. The average molecular weight is 375 g/mol. The van der Waals surface area contributed by atoms with Crippen LogP contribution in [0.25, 0.3) is 0 Å². The molecular weight excluding hydrogens is 348 g/mol. The fourth-order valence-corrected chi connectivity index (χ4v) is 3.16. The summed E-state index contributed by atoms with van der Waals surface area (Å²) in [4.78, 5) is 6.78. The van der Waals surface area contributed by atoms with E-state index in [1.54, 1.807) is 12.1 Å². The molecule has 0 saturated heterocycles. The summed E-state index contributed by atoms with van der Waals surface area (Å²) in [5.74, 6) is 0.761. The van der Waals surface area contributed by atoms with Crippen molar-refractivity contribution in [1.29, 1.82) is 0 Å². The molecule has 0 unspecified atom stereocenters. The Morgan fingerprint density at radius 3 is 2.58 bits per heavy atom. The van der Waals surface area contributed by atoms with Crippen LogP contribution < -0.4 is 10.5 Å². The van der Waals surface area contributed by atoms with Gasteiger partial charge in [-0.15, -0.1) is 0 Å². The molecule has 26 heavy (non-hydrogen) atoms. The van der Waals surface area contributed by atoms with Crippen LogP contribution in [-0.4, -0.2) is 32.9 Å². The Balaban J connectivity index is 2.17. The third kappa shape index (κ3) is 5.57. The molecule has 0 atom stereocenters. The fraction of sp³-hybridized carbons (Fsp3) is 0.316. The zero-order chi connectivity index (χ0) is 19.2. The molecule has 0 amide bonds. The molecule has 0 aliphatic rings. The van der Waals surface area contributed by atoms with Crippen molar-refractivity contribution in [3.05, 3.63) is 65.2 Å². The number of benzene rings is 2. The van der Waals surface area contributed by atoms with Crippen molar-refractivity contribution in [2.45, 2.75) is 31.8 Å². The number of rotatable bonds is 6. The van der Waals surface area contributed by atoms with Crippen molar-refractivity contribution < 1.29 is 8.42 Å². The molecular formula is C19H26N4O2S. The number of primary sulfonamides is 1. The first-order valence-electron chi connectivity index (χ1n) is 8.47. The Labute approximate surface area is 155 Å². The lowest BCUT2D eigenvalue weighted by molar-refractivity contribution is 0.475. The van der Waals surface area contributed by atoms with E-state index < -0.39 is 10.0 Å². The van der Waals surface area contributed by atoms with Gasteiger partial charge in [0.15, 0.2) is 5.96 Å². The van der Waals surface area contributed by atoms with Crippen molar-refractivity contribution in [3.63, 3.8) is 0 Å². The van der Waals surface area contributed by atoms with Gasteiger partial charge in [-0.2, -0.15) is 0 Å². The van der Waals surface area contributed by atoms with Gasteiger partial charge in [0.05, 0.1) is 11.4 Å². The number of nitrogens with two attached hydrogens (primary N) is 1. The van der Waals surface area contributed by atoms with Crippen LogP contribution in [0, 0.1) is 6.92 Å². The number of nitrogens with one attached hydrogen (secondary N) is 1. The Morgan fingerprint density at radius 1 is 1.19 bits per heavy atom. The second kappa shape index (κ2) is 8.82. The number of guanidine groups is 1. The number of hydrogen-bond donors (Lipinski definition) is 2. The molecule has 0 spiro atoms. The highest BCUT2D eigenvalue weighted by Crippen LogP contribution is 2.12. The van der Waals surface area contributed by atoms with Crippen LogP contribution in [0.3, 0.4) is 0 Å². The molecule has 2 rings (SSSR count). The number of hydrogen-bond acceptors (Lipinski definition) is 3. The lowest BCUT2D eigenvalue weighted by Crippen LogP contribution is -2.38. The van der Waals surface area contributed by atoms with Crippen molar-refractivity contribution in [2.75, 3.05) is 13.6 Å². The lowest BCUT2D eigenvalue weighted by atomic mass is 10.1. The molecule has 2 aromatic carbocycles. The fourth-order valence-electron chi connectivity index (χ4n) is 2.57. The van der Waals surface area contributed by atoms with E-state index >= 15 is 0 Å². The van der Waals surface area contributed by atoms with E-state index in [2.05, 4.69) is 34.3 Å². The highest BCUT2D eigenvalue weighted by Gasteiger charge is 2.10. The molecule has 0 radical (unpaired) electrons. The summed E-state index contributed by atoms with van der Waals surface area (Å²) < 4.78 is 23.0. The van der Waals surface area contributed by atoms with Gasteiger partial charge in [-0.1, -0.05) is 36.4 Å². The van der Waals surface area contributed by atoms with Crippen LogP contribution in [-0.2, 0) is 23.1 Å². The maximum Gasteiger partial charge on any atom is 0.238 e. The maximum absolute atomic E-state index is 11.5. The Hall–Kier alpha value is -2.38. The first kappa shape index (κ1) is 19.9. The van der Waals surface area contributed by atoms with Gasteiger partial charge in [0.2, 0.25) is 10.0 Å². The molecule has 3 N–H and O–H groups in total. The van der Waals surface area contributed by atoms with E-state index in [4.69, 9.17) is 5.14 Å². The van der Waals surface area contributed by atoms with E-state index in [0.717, 1.165) is 24.6 Å². The minimum absolute atomic E-state index is 0.100. The van der Waals surface area contributed by atoms with Crippen molar-refractivity contribution in [1.82, 2.24) is 10.2 Å². The molecule has 140 valence electrons. The molecule has 0 aliphatic carbocycles. The van der Waals surface area contributed by atoms with Crippen LogP contribution in [0.2, 0.25) is 0 Å². The molecule has 0 aliphatic heterocycles. The van der Waals surface area contributed by atoms with Gasteiger partial charge in [0.25, 0.3) is 0 Å². The lowest BCUT2D eigenvalue weighted by Gasteiger charge is -2.23. The van der Waals surface area contributed by atoms with Crippen LogP contribution >= 0.6 is 0 Å². The summed E-state index contributed by atoms with van der Waals surface area (Å²) in [6.07, 6.45) is 0. The SMILES string of the molecule is CCNC(=NCc1cccc(S(N)(=O)=O)c1)N(C)Cc1ccccc1C. The molecule has 0 fully saturated rings. The highest BCUT2D eigenvalue weighted by molar-refractivity contribution is 7.89. The number of nitrogens with zero attached hydrogens (tertiary/aromatic N) is 2. The van der Waals surface area contributed by atoms with E-state index in [1.165, 1.54) is 17.2 Å². The zero-order valence-electron chi connectivity index (χ0n) is 15.4. The van der Waals surface area contributed by atoms with Crippen molar-refractivity contribution >= 4 is 16.0 Å². The Bertz CT molecular complexity index is 879. The summed E-state index contributed by atoms with van der Waals surface area (Å²) in [5, 5.41) is 8.46. The van der Waals surface area contributed by atoms with Gasteiger partial charge in [-0.05, 0) is 42.7 Å². The summed E-state index contributed by atoms with van der Waals surface area (Å²) in [5.41, 5.74) is 3.25. The number of aryl methyl sites for hydroxylation is 1. The van der Waals surface area contributed by atoms with E-state index in [1.807, 2.05) is 32.2 Å². The number of aliphatic imine (C=N–C) groups is 1. The Kier molecular flexibility index (Phi) is 6.76. The second-order valence-electron chi connectivity index (χ2n) is 6.15. The third-order valence-corrected chi connectivity index (χ3v) is 4.91. The van der Waals surface area contributed by atoms with Gasteiger partial charge in [-0.3, -0.25) is 0 Å². The monoisotopic (exact) mass is 374 g/mol. The zero-order valence-corrected chi connectivity index (χ0v) is 16.3. The molecule has 0 bridgehead atoms. The first-order valence-corrected chi connectivity index (χ1v) is 10.0. The molecule has 0 saturated carbocycles. The van der Waals surface area contributed by atoms with E-state index in [9.17, 15) is 8.42 Å². The normalized spacial score (nSPS) is 12.1. The van der Waals surface area contributed by atoms with Crippen LogP contribution in [0.15, 0.2) is 58.4 Å². The molecule has 0 aromatic heterocycles. The summed E-state index contributed by atoms with van der Waals surface area (Å²) in [6, 6.07) is 14.8. The largest absolute Gasteiger partial charge is 0.357 e. The van der Waals surface area contributed by atoms with Crippen LogP contribution in [0.5, 0.6) is 0 Å². The maximum atomic E-state index is 11.5. The smallest absolute Gasteiger partial charge is 0.238 e. The van der Waals surface area contributed by atoms with Gasteiger partial charge >= 0.3 is 0 Å². The Morgan fingerprint density at radius 2 is 1.92 bits per heavy atom. The van der Waals surface area contributed by atoms with E-state index in [0.29, 0.717) is 6.54 Å². The predicted molar refractivity (Wildman–Crippen MR) is 105 cm³/mol. The molecule has 7 heteroatoms. The van der Waals surface area contributed by atoms with Crippen LogP contribution in [0.4, 0.5) is 0 Å². The summed E-state index contributed by atoms with van der Waals surface area (Å²) in [7, 11) is -1.73. The minimum Gasteiger partial charge on any atom is -0.357 e. The summed E-state index contributed by atoms with van der Waals surface area (Å²) >= 11 is 0. The molecule has 6 nitrogen and oxygen atoms in total. The summed E-state index contributed by atoms with van der Waals surface area (Å²) in [6.45, 7) is 5.94. The first-order chi connectivity index (χ1) is 12.3. The average Bonchev–Trinajstić information content (AvgIpc) is 2.60. The van der Waals surface area contributed by atoms with Crippen LogP contribution in [0.1, 0.15) is 23.6 Å². The second-order valence-corrected chi connectivity index (χ2v) is 7.71. The van der Waals surface area contributed by atoms with Gasteiger partial charge in [0.1, 0.15) is 0 Å². The van der Waals surface area contributed by atoms with Gasteiger partial charge < -0.3 is 10.2 Å². The van der Waals surface area contributed by atoms with Crippen molar-refractivity contribution in [2.24, 2.45) is 10.1 Å². The van der Waals surface area contributed by atoms with Gasteiger partial charge in [0, 0.05) is 20.1 Å². The van der Waals surface area contributed by atoms with Gasteiger partial charge in [-0.25, -0.2) is 18.5 Å². The highest BCUT2D eigenvalue weighted by atomic mass is 32.2. The van der Waals surface area contributed by atoms with E-state index in [-0.39, 0.29) is 4.90 Å². The predicted octanol–water partition coefficient (Wildman–Crippen LogP) is 2.24. The third-order valence-electron chi connectivity index (χ3n) is 4.00. The minimum atomic E-state index is -3.71. The topological polar surface area (TPSA) is 87.8 Å². The standard InChI is InChI=1S/C19H26N4O2S/c1-4-21-19(23(3)14-17-10-6-5-8-15(17)2)22-13-16-9-7-11-18(12-16)26(20,24)25/h5-12H,4,13-14H2,1-3H3,(H,21,22)(H2,20,24,25). The van der Waals surface area contributed by atoms with Crippen molar-refractivity contribution in [3.8, 4) is 0 Å². The molecule has 2 aromatic rings. The number of sulfonamides is 1.